The summed E-state index contributed by atoms with van der Waals surface area (Å²) in [5.41, 5.74) is 1.66. The number of rotatable bonds is 7. The monoisotopic (exact) mass is 373 g/mol. The summed E-state index contributed by atoms with van der Waals surface area (Å²) in [5, 5.41) is 3.63. The van der Waals surface area contributed by atoms with Crippen molar-refractivity contribution in [2.24, 2.45) is 0 Å². The van der Waals surface area contributed by atoms with E-state index in [2.05, 4.69) is 5.32 Å². The zero-order valence-corrected chi connectivity index (χ0v) is 15.5. The molecule has 1 atom stereocenters. The first kappa shape index (κ1) is 18.7. The Morgan fingerprint density at radius 2 is 1.96 bits per heavy atom. The molecule has 1 amide bonds. The molecule has 1 N–H and O–H groups in total. The quantitative estimate of drug-likeness (QED) is 0.754. The van der Waals surface area contributed by atoms with Crippen LogP contribution in [0.25, 0.3) is 0 Å². The lowest BCUT2D eigenvalue weighted by Crippen LogP contribution is -2.26. The highest BCUT2D eigenvalue weighted by molar-refractivity contribution is 6.31. The van der Waals surface area contributed by atoms with E-state index in [1.54, 1.807) is 0 Å². The number of para-hydroxylation sites is 2. The fourth-order valence-corrected chi connectivity index (χ4v) is 3.21. The summed E-state index contributed by atoms with van der Waals surface area (Å²) in [6.45, 7) is 1.31. The molecule has 1 saturated heterocycles. The van der Waals surface area contributed by atoms with Crippen molar-refractivity contribution in [3.8, 4) is 5.75 Å². The summed E-state index contributed by atoms with van der Waals surface area (Å²) >= 11 is 6.14. The lowest BCUT2D eigenvalue weighted by atomic mass is 10.1. The van der Waals surface area contributed by atoms with Gasteiger partial charge in [-0.3, -0.25) is 4.79 Å². The Bertz CT molecular complexity index is 729. The summed E-state index contributed by atoms with van der Waals surface area (Å²) in [5.74, 6) is 0.614. The molecule has 0 aliphatic carbocycles. The fraction of sp³-hybridized carbons (Fsp3) is 0.381. The topological polar surface area (TPSA) is 47.6 Å². The smallest absolute Gasteiger partial charge is 0.224 e. The van der Waals surface area contributed by atoms with Crippen molar-refractivity contribution in [2.75, 3.05) is 18.5 Å². The Morgan fingerprint density at radius 3 is 2.77 bits per heavy atom. The van der Waals surface area contributed by atoms with Gasteiger partial charge in [-0.05, 0) is 49.4 Å². The average molecular weight is 374 g/mol. The Balaban J connectivity index is 1.53. The van der Waals surface area contributed by atoms with Gasteiger partial charge in [0.1, 0.15) is 12.4 Å². The number of anilines is 1. The van der Waals surface area contributed by atoms with Gasteiger partial charge in [0.05, 0.1) is 11.8 Å². The van der Waals surface area contributed by atoms with Gasteiger partial charge < -0.3 is 14.8 Å². The molecule has 0 radical (unpaired) electrons. The van der Waals surface area contributed by atoms with Gasteiger partial charge >= 0.3 is 0 Å². The van der Waals surface area contributed by atoms with Gasteiger partial charge in [0.25, 0.3) is 0 Å². The third-order valence-corrected chi connectivity index (χ3v) is 4.81. The summed E-state index contributed by atoms with van der Waals surface area (Å²) < 4.78 is 11.6. The largest absolute Gasteiger partial charge is 0.489 e. The Morgan fingerprint density at radius 1 is 1.15 bits per heavy atom. The van der Waals surface area contributed by atoms with Crippen LogP contribution in [0.2, 0.25) is 5.02 Å². The van der Waals surface area contributed by atoms with Crippen LogP contribution in [0.4, 0.5) is 5.69 Å². The van der Waals surface area contributed by atoms with Crippen molar-refractivity contribution < 1.29 is 14.3 Å². The number of hydrogen-bond donors (Lipinski definition) is 1. The molecule has 1 fully saturated rings. The first-order valence-electron chi connectivity index (χ1n) is 9.09. The molecule has 5 heteroatoms. The number of benzene rings is 2. The number of halogens is 1. The molecule has 26 heavy (non-hydrogen) atoms. The summed E-state index contributed by atoms with van der Waals surface area (Å²) in [7, 11) is 0. The van der Waals surface area contributed by atoms with E-state index in [1.807, 2.05) is 48.5 Å². The van der Waals surface area contributed by atoms with Crippen LogP contribution in [0.3, 0.4) is 0 Å². The molecule has 138 valence electrons. The minimum absolute atomic E-state index is 0.0603. The molecule has 2 aromatic carbocycles. The SMILES string of the molecule is O=C(CCc1ccccc1Cl)Nc1ccccc1OCC1CCCCO1. The first-order valence-corrected chi connectivity index (χ1v) is 9.47. The van der Waals surface area contributed by atoms with Crippen molar-refractivity contribution in [1.29, 1.82) is 0 Å². The van der Waals surface area contributed by atoms with Crippen LogP contribution in [0.5, 0.6) is 5.75 Å². The van der Waals surface area contributed by atoms with Crippen molar-refractivity contribution in [3.05, 3.63) is 59.1 Å². The number of nitrogens with one attached hydrogen (secondary N) is 1. The van der Waals surface area contributed by atoms with Crippen molar-refractivity contribution in [1.82, 2.24) is 0 Å². The van der Waals surface area contributed by atoms with E-state index in [9.17, 15) is 4.79 Å². The lowest BCUT2D eigenvalue weighted by Gasteiger charge is -2.23. The second kappa shape index (κ2) is 9.60. The molecule has 4 nitrogen and oxygen atoms in total. The van der Waals surface area contributed by atoms with Crippen LogP contribution in [-0.4, -0.2) is 25.2 Å². The lowest BCUT2D eigenvalue weighted by molar-refractivity contribution is -0.116. The molecule has 1 aliphatic rings. The number of hydrogen-bond acceptors (Lipinski definition) is 3. The molecular formula is C21H24ClNO3. The zero-order chi connectivity index (χ0) is 18.2. The maximum Gasteiger partial charge on any atom is 0.224 e. The molecule has 1 unspecified atom stereocenters. The molecule has 3 rings (SSSR count). The minimum atomic E-state index is -0.0603. The maximum atomic E-state index is 12.3. The molecule has 0 saturated carbocycles. The molecular weight excluding hydrogens is 350 g/mol. The van der Waals surface area contributed by atoms with Gasteiger partial charge in [-0.2, -0.15) is 0 Å². The van der Waals surface area contributed by atoms with Crippen LogP contribution >= 0.6 is 11.6 Å². The number of carbonyl (C=O) groups excluding carboxylic acids is 1. The maximum absolute atomic E-state index is 12.3. The highest BCUT2D eigenvalue weighted by atomic mass is 35.5. The third kappa shape index (κ3) is 5.48. The molecule has 2 aromatic rings. The first-order chi connectivity index (χ1) is 12.7. The van der Waals surface area contributed by atoms with Gasteiger partial charge in [-0.15, -0.1) is 0 Å². The predicted octanol–water partition coefficient (Wildman–Crippen LogP) is 4.86. The van der Waals surface area contributed by atoms with E-state index in [0.717, 1.165) is 25.0 Å². The van der Waals surface area contributed by atoms with E-state index in [1.165, 1.54) is 6.42 Å². The zero-order valence-electron chi connectivity index (χ0n) is 14.7. The predicted molar refractivity (Wildman–Crippen MR) is 104 cm³/mol. The van der Waals surface area contributed by atoms with E-state index in [-0.39, 0.29) is 12.0 Å². The Labute approximate surface area is 159 Å². The summed E-state index contributed by atoms with van der Waals surface area (Å²) in [6.07, 6.45) is 4.41. The van der Waals surface area contributed by atoms with E-state index in [0.29, 0.717) is 35.9 Å². The molecule has 0 bridgehead atoms. The number of ether oxygens (including phenoxy) is 2. The highest BCUT2D eigenvalue weighted by Crippen LogP contribution is 2.25. The Kier molecular flexibility index (Phi) is 6.92. The van der Waals surface area contributed by atoms with E-state index < -0.39 is 0 Å². The van der Waals surface area contributed by atoms with Gasteiger partial charge in [0, 0.05) is 18.1 Å². The van der Waals surface area contributed by atoms with Crippen LogP contribution in [0.15, 0.2) is 48.5 Å². The number of carbonyl (C=O) groups is 1. The van der Waals surface area contributed by atoms with Gasteiger partial charge in [-0.25, -0.2) is 0 Å². The van der Waals surface area contributed by atoms with Gasteiger partial charge in [-0.1, -0.05) is 41.9 Å². The van der Waals surface area contributed by atoms with E-state index >= 15 is 0 Å². The second-order valence-corrected chi connectivity index (χ2v) is 6.84. The van der Waals surface area contributed by atoms with Gasteiger partial charge in [0.15, 0.2) is 0 Å². The van der Waals surface area contributed by atoms with Crippen LogP contribution < -0.4 is 10.1 Å². The summed E-state index contributed by atoms with van der Waals surface area (Å²) in [6, 6.07) is 15.1. The third-order valence-electron chi connectivity index (χ3n) is 4.44. The van der Waals surface area contributed by atoms with Crippen LogP contribution in [0.1, 0.15) is 31.2 Å². The standard InChI is InChI=1S/C21H24ClNO3/c22-18-9-2-1-7-16(18)12-13-21(24)23-19-10-3-4-11-20(19)26-15-17-8-5-6-14-25-17/h1-4,7,9-11,17H,5-6,8,12-15H2,(H,23,24). The second-order valence-electron chi connectivity index (χ2n) is 6.44. The minimum Gasteiger partial charge on any atom is -0.489 e. The van der Waals surface area contributed by atoms with Crippen molar-refractivity contribution >= 4 is 23.2 Å². The van der Waals surface area contributed by atoms with Crippen LogP contribution in [0, 0.1) is 0 Å². The number of aryl methyl sites for hydroxylation is 1. The van der Waals surface area contributed by atoms with E-state index in [4.69, 9.17) is 21.1 Å². The molecule has 0 aromatic heterocycles. The highest BCUT2D eigenvalue weighted by Gasteiger charge is 2.16. The average Bonchev–Trinajstić information content (AvgIpc) is 2.67. The fourth-order valence-electron chi connectivity index (χ4n) is 2.98. The molecule has 1 aliphatic heterocycles. The Hall–Kier alpha value is -2.04. The van der Waals surface area contributed by atoms with Crippen LogP contribution in [-0.2, 0) is 16.0 Å². The van der Waals surface area contributed by atoms with Crippen molar-refractivity contribution in [2.45, 2.75) is 38.2 Å². The normalized spacial score (nSPS) is 16.9. The molecule has 0 spiro atoms. The number of amides is 1. The van der Waals surface area contributed by atoms with Crippen molar-refractivity contribution in [3.63, 3.8) is 0 Å². The molecule has 1 heterocycles. The van der Waals surface area contributed by atoms with Gasteiger partial charge in [0.2, 0.25) is 5.91 Å². The summed E-state index contributed by atoms with van der Waals surface area (Å²) in [4.78, 5) is 12.3.